The molecule has 1 heterocycles. The van der Waals surface area contributed by atoms with Gasteiger partial charge in [0.25, 0.3) is 0 Å². The van der Waals surface area contributed by atoms with Crippen LogP contribution in [0.25, 0.3) is 0 Å². The molecule has 0 aromatic carbocycles. The number of rotatable bonds is 2. The fraction of sp³-hybridized carbons (Fsp3) is 0.600. The molecule has 1 aliphatic rings. The van der Waals surface area contributed by atoms with Crippen LogP contribution in [0.1, 0.15) is 19.3 Å². The smallest absolute Gasteiger partial charge is 0.225 e. The molecule has 2 rings (SSSR count). The molecule has 1 aliphatic carbocycles. The van der Waals surface area contributed by atoms with E-state index in [2.05, 4.69) is 9.97 Å². The largest absolute Gasteiger partial charge is 0.338 e. The van der Waals surface area contributed by atoms with Gasteiger partial charge in [0.15, 0.2) is 0 Å². The summed E-state index contributed by atoms with van der Waals surface area (Å²) in [6.45, 7) is 0. The Morgan fingerprint density at radius 2 is 2.07 bits per heavy atom. The summed E-state index contributed by atoms with van der Waals surface area (Å²) in [5, 5.41) is 0.496. The number of nitrogens with zero attached hydrogens (tertiary/aromatic N) is 3. The van der Waals surface area contributed by atoms with Gasteiger partial charge in [0, 0.05) is 7.05 Å². The Labute approximate surface area is 93.3 Å². The molecule has 3 nitrogen and oxygen atoms in total. The van der Waals surface area contributed by atoms with Gasteiger partial charge in [0.05, 0.1) is 23.5 Å². The second-order valence-electron chi connectivity index (χ2n) is 3.83. The molecule has 0 bridgehead atoms. The summed E-state index contributed by atoms with van der Waals surface area (Å²) in [5.74, 6) is 0.536. The molecular formula is C10H13ClFN3. The lowest BCUT2D eigenvalue weighted by molar-refractivity contribution is 0.306. The second-order valence-corrected chi connectivity index (χ2v) is 4.26. The monoisotopic (exact) mass is 229 g/mol. The van der Waals surface area contributed by atoms with Gasteiger partial charge in [0.1, 0.15) is 6.17 Å². The van der Waals surface area contributed by atoms with E-state index in [0.717, 1.165) is 12.8 Å². The molecule has 1 saturated carbocycles. The molecule has 1 aromatic rings. The molecule has 2 atom stereocenters. The standard InChI is InChI=1S/C10H13ClFN3/c1-15(9-4-2-3-8(9)12)10-13-5-7(11)6-14-10/h5-6,8-9H,2-4H2,1H3. The van der Waals surface area contributed by atoms with Crippen molar-refractivity contribution in [2.75, 3.05) is 11.9 Å². The van der Waals surface area contributed by atoms with Gasteiger partial charge in [0.2, 0.25) is 5.95 Å². The normalized spacial score (nSPS) is 25.5. The number of hydrogen-bond acceptors (Lipinski definition) is 3. The van der Waals surface area contributed by atoms with Crippen LogP contribution in [0.4, 0.5) is 10.3 Å². The van der Waals surface area contributed by atoms with Crippen molar-refractivity contribution in [3.63, 3.8) is 0 Å². The van der Waals surface area contributed by atoms with Gasteiger partial charge in [-0.25, -0.2) is 14.4 Å². The Morgan fingerprint density at radius 1 is 1.40 bits per heavy atom. The predicted octanol–water partition coefficient (Wildman–Crippen LogP) is 2.46. The molecule has 1 aromatic heterocycles. The Morgan fingerprint density at radius 3 is 2.60 bits per heavy atom. The third-order valence-electron chi connectivity index (χ3n) is 2.82. The van der Waals surface area contributed by atoms with Gasteiger partial charge in [-0.15, -0.1) is 0 Å². The minimum absolute atomic E-state index is 0.0915. The number of anilines is 1. The summed E-state index contributed by atoms with van der Waals surface area (Å²) in [7, 11) is 1.83. The molecule has 5 heteroatoms. The topological polar surface area (TPSA) is 29.0 Å². The molecule has 0 radical (unpaired) electrons. The lowest BCUT2D eigenvalue weighted by atomic mass is 10.2. The van der Waals surface area contributed by atoms with Crippen molar-refractivity contribution in [2.45, 2.75) is 31.5 Å². The lowest BCUT2D eigenvalue weighted by Gasteiger charge is -2.25. The highest BCUT2D eigenvalue weighted by molar-refractivity contribution is 6.30. The van der Waals surface area contributed by atoms with Crippen molar-refractivity contribution in [3.8, 4) is 0 Å². The zero-order valence-electron chi connectivity index (χ0n) is 8.53. The summed E-state index contributed by atoms with van der Waals surface area (Å²) >= 11 is 5.69. The average Bonchev–Trinajstić information content (AvgIpc) is 2.65. The molecule has 82 valence electrons. The quantitative estimate of drug-likeness (QED) is 0.780. The first kappa shape index (κ1) is 10.6. The fourth-order valence-electron chi connectivity index (χ4n) is 1.97. The number of hydrogen-bond donors (Lipinski definition) is 0. The molecule has 0 N–H and O–H groups in total. The Balaban J connectivity index is 2.13. The van der Waals surface area contributed by atoms with E-state index in [-0.39, 0.29) is 6.04 Å². The average molecular weight is 230 g/mol. The van der Waals surface area contributed by atoms with Gasteiger partial charge < -0.3 is 4.90 Å². The summed E-state index contributed by atoms with van der Waals surface area (Å²) in [6.07, 6.45) is 4.73. The van der Waals surface area contributed by atoms with Crippen LogP contribution in [0.5, 0.6) is 0 Å². The van der Waals surface area contributed by atoms with E-state index in [0.29, 0.717) is 17.4 Å². The molecule has 0 saturated heterocycles. The molecule has 0 spiro atoms. The first-order valence-electron chi connectivity index (χ1n) is 5.03. The van der Waals surface area contributed by atoms with Crippen molar-refractivity contribution in [2.24, 2.45) is 0 Å². The summed E-state index contributed by atoms with van der Waals surface area (Å²) in [6, 6.07) is -0.0915. The third kappa shape index (κ3) is 2.20. The SMILES string of the molecule is CN(c1ncc(Cl)cn1)C1CCCC1F. The maximum Gasteiger partial charge on any atom is 0.225 e. The molecule has 0 aliphatic heterocycles. The minimum Gasteiger partial charge on any atom is -0.338 e. The highest BCUT2D eigenvalue weighted by Gasteiger charge is 2.31. The number of alkyl halides is 1. The Bertz CT molecular complexity index is 330. The van der Waals surface area contributed by atoms with Crippen LogP contribution in [0, 0.1) is 0 Å². The van der Waals surface area contributed by atoms with E-state index >= 15 is 0 Å². The molecular weight excluding hydrogens is 217 g/mol. The van der Waals surface area contributed by atoms with E-state index in [1.165, 1.54) is 12.4 Å². The Hall–Kier alpha value is -0.900. The first-order valence-corrected chi connectivity index (χ1v) is 5.40. The van der Waals surface area contributed by atoms with Crippen LogP contribution in [-0.2, 0) is 0 Å². The fourth-order valence-corrected chi connectivity index (χ4v) is 2.07. The van der Waals surface area contributed by atoms with Crippen molar-refractivity contribution in [1.82, 2.24) is 9.97 Å². The molecule has 0 amide bonds. The van der Waals surface area contributed by atoms with E-state index < -0.39 is 6.17 Å². The van der Waals surface area contributed by atoms with Crippen LogP contribution in [0.3, 0.4) is 0 Å². The molecule has 15 heavy (non-hydrogen) atoms. The maximum absolute atomic E-state index is 13.5. The first-order chi connectivity index (χ1) is 7.18. The second kappa shape index (κ2) is 4.31. The van der Waals surface area contributed by atoms with Gasteiger partial charge in [-0.3, -0.25) is 0 Å². The number of aromatic nitrogens is 2. The van der Waals surface area contributed by atoms with Crippen LogP contribution < -0.4 is 4.90 Å². The minimum atomic E-state index is -0.769. The molecule has 1 fully saturated rings. The van der Waals surface area contributed by atoms with Gasteiger partial charge >= 0.3 is 0 Å². The van der Waals surface area contributed by atoms with Crippen molar-refractivity contribution in [1.29, 1.82) is 0 Å². The highest BCUT2D eigenvalue weighted by atomic mass is 35.5. The van der Waals surface area contributed by atoms with E-state index in [1.54, 1.807) is 4.90 Å². The number of halogens is 2. The van der Waals surface area contributed by atoms with Gasteiger partial charge in [-0.2, -0.15) is 0 Å². The zero-order valence-corrected chi connectivity index (χ0v) is 9.28. The van der Waals surface area contributed by atoms with Crippen molar-refractivity contribution < 1.29 is 4.39 Å². The third-order valence-corrected chi connectivity index (χ3v) is 3.01. The maximum atomic E-state index is 13.5. The van der Waals surface area contributed by atoms with E-state index in [1.807, 2.05) is 7.05 Å². The summed E-state index contributed by atoms with van der Waals surface area (Å²) in [4.78, 5) is 9.95. The summed E-state index contributed by atoms with van der Waals surface area (Å²) < 4.78 is 13.5. The van der Waals surface area contributed by atoms with Crippen LogP contribution in [0.15, 0.2) is 12.4 Å². The van der Waals surface area contributed by atoms with Gasteiger partial charge in [-0.1, -0.05) is 11.6 Å². The summed E-state index contributed by atoms with van der Waals surface area (Å²) in [5.41, 5.74) is 0. The molecule has 2 unspecified atom stereocenters. The zero-order chi connectivity index (χ0) is 10.8. The lowest BCUT2D eigenvalue weighted by Crippen LogP contribution is -2.36. The predicted molar refractivity (Wildman–Crippen MR) is 58.0 cm³/mol. The van der Waals surface area contributed by atoms with E-state index in [9.17, 15) is 4.39 Å². The van der Waals surface area contributed by atoms with Gasteiger partial charge in [-0.05, 0) is 19.3 Å². The van der Waals surface area contributed by atoms with Crippen molar-refractivity contribution >= 4 is 17.5 Å². The Kier molecular flexibility index (Phi) is 3.05. The van der Waals surface area contributed by atoms with E-state index in [4.69, 9.17) is 11.6 Å². The van der Waals surface area contributed by atoms with Crippen LogP contribution >= 0.6 is 11.6 Å². The highest BCUT2D eigenvalue weighted by Crippen LogP contribution is 2.27. The van der Waals surface area contributed by atoms with Crippen molar-refractivity contribution in [3.05, 3.63) is 17.4 Å². The van der Waals surface area contributed by atoms with Crippen LogP contribution in [-0.4, -0.2) is 29.2 Å². The van der Waals surface area contributed by atoms with Crippen LogP contribution in [0.2, 0.25) is 5.02 Å².